The fourth-order valence-corrected chi connectivity index (χ4v) is 1.49. The molecule has 88 valence electrons. The zero-order valence-electron chi connectivity index (χ0n) is 9.54. The maximum atomic E-state index is 10.5. The number of nitro groups is 1. The highest BCUT2D eigenvalue weighted by Crippen LogP contribution is 2.16. The molecule has 0 spiro atoms. The standard InChI is InChI=1S/C14H11N2O2/c15-13-7-3-11(4-8-13)1-2-12-5-9-14(10-6-12)16(17)18/h1-10,15H/q+1. The van der Waals surface area contributed by atoms with Gasteiger partial charge in [0.2, 0.25) is 0 Å². The van der Waals surface area contributed by atoms with E-state index in [1.807, 2.05) is 24.3 Å². The Morgan fingerprint density at radius 1 is 1.11 bits per heavy atom. The Kier molecular flexibility index (Phi) is 3.38. The van der Waals surface area contributed by atoms with Crippen LogP contribution in [0.1, 0.15) is 0 Å². The molecule has 0 aliphatic heterocycles. The van der Waals surface area contributed by atoms with Gasteiger partial charge in [0.1, 0.15) is 17.1 Å². The molecule has 4 heteroatoms. The molecule has 1 N–H and O–H groups in total. The highest BCUT2D eigenvalue weighted by atomic mass is 16.6. The summed E-state index contributed by atoms with van der Waals surface area (Å²) in [5, 5.41) is 17.9. The lowest BCUT2D eigenvalue weighted by Gasteiger charge is -1.98. The molecular formula is C14H11N2O2+. The van der Waals surface area contributed by atoms with E-state index < -0.39 is 4.92 Å². The van der Waals surface area contributed by atoms with Gasteiger partial charge in [-0.05, 0) is 23.8 Å². The Bertz CT molecular complexity index is 555. The maximum Gasteiger partial charge on any atom is 0.345 e. The first kappa shape index (κ1) is 11.9. The minimum absolute atomic E-state index is 0.0886. The summed E-state index contributed by atoms with van der Waals surface area (Å²) in [6.07, 6.45) is 17.3. The summed E-state index contributed by atoms with van der Waals surface area (Å²) in [5.74, 6) is 0. The summed E-state index contributed by atoms with van der Waals surface area (Å²) in [7, 11) is 0. The summed E-state index contributed by atoms with van der Waals surface area (Å²) >= 11 is 0. The molecule has 0 aromatic rings. The second kappa shape index (κ2) is 5.14. The van der Waals surface area contributed by atoms with Crippen LogP contribution < -0.4 is 0 Å². The van der Waals surface area contributed by atoms with Gasteiger partial charge >= 0.3 is 5.70 Å². The topological polar surface area (TPSA) is 67.0 Å². The van der Waals surface area contributed by atoms with E-state index in [-0.39, 0.29) is 5.70 Å². The maximum absolute atomic E-state index is 10.5. The predicted molar refractivity (Wildman–Crippen MR) is 70.7 cm³/mol. The third-order valence-corrected chi connectivity index (χ3v) is 2.48. The monoisotopic (exact) mass is 239 g/mol. The SMILES string of the molecule is N=C1C=CC(=CC=C2C=CC([N+](=O)[O-])=C[CH+]2)C=C1. The van der Waals surface area contributed by atoms with Crippen molar-refractivity contribution >= 4 is 5.71 Å². The highest BCUT2D eigenvalue weighted by molar-refractivity contribution is 6.03. The van der Waals surface area contributed by atoms with Gasteiger partial charge in [-0.15, -0.1) is 0 Å². The van der Waals surface area contributed by atoms with E-state index in [1.165, 1.54) is 12.2 Å². The Morgan fingerprint density at radius 2 is 1.83 bits per heavy atom. The first-order valence-electron chi connectivity index (χ1n) is 5.39. The van der Waals surface area contributed by atoms with Crippen LogP contribution in [0.4, 0.5) is 0 Å². The molecule has 2 aliphatic carbocycles. The van der Waals surface area contributed by atoms with Gasteiger partial charge in [-0.1, -0.05) is 12.2 Å². The summed E-state index contributed by atoms with van der Waals surface area (Å²) in [6, 6.07) is 0. The molecule has 0 bridgehead atoms. The van der Waals surface area contributed by atoms with Gasteiger partial charge in [0, 0.05) is 18.6 Å². The molecule has 0 fully saturated rings. The van der Waals surface area contributed by atoms with Crippen LogP contribution in [-0.4, -0.2) is 10.6 Å². The minimum atomic E-state index is -0.416. The molecule has 0 saturated carbocycles. The summed E-state index contributed by atoms with van der Waals surface area (Å²) in [6.45, 7) is 0. The van der Waals surface area contributed by atoms with Crippen molar-refractivity contribution in [2.75, 3.05) is 0 Å². The van der Waals surface area contributed by atoms with Gasteiger partial charge in [-0.2, -0.15) is 0 Å². The van der Waals surface area contributed by atoms with Crippen LogP contribution in [0.25, 0.3) is 0 Å². The van der Waals surface area contributed by atoms with Crippen molar-refractivity contribution < 1.29 is 4.92 Å². The van der Waals surface area contributed by atoms with Gasteiger partial charge in [0.25, 0.3) is 0 Å². The molecule has 4 nitrogen and oxygen atoms in total. The molecule has 0 amide bonds. The van der Waals surface area contributed by atoms with E-state index in [4.69, 9.17) is 5.41 Å². The minimum Gasteiger partial charge on any atom is -0.301 e. The van der Waals surface area contributed by atoms with Gasteiger partial charge in [-0.3, -0.25) is 0 Å². The Balaban J connectivity index is 2.06. The first-order chi connectivity index (χ1) is 8.65. The van der Waals surface area contributed by atoms with Gasteiger partial charge in [0.05, 0.1) is 11.3 Å². The number of nitrogens with zero attached hydrogens (tertiary/aromatic N) is 1. The van der Waals surface area contributed by atoms with Crippen LogP contribution >= 0.6 is 0 Å². The van der Waals surface area contributed by atoms with E-state index in [0.717, 1.165) is 11.1 Å². The third-order valence-electron chi connectivity index (χ3n) is 2.48. The molecule has 0 saturated heterocycles. The fraction of sp³-hybridized carbons (Fsp3) is 0. The quantitative estimate of drug-likeness (QED) is 0.457. The zero-order valence-corrected chi connectivity index (χ0v) is 9.54. The molecule has 18 heavy (non-hydrogen) atoms. The van der Waals surface area contributed by atoms with Crippen molar-refractivity contribution in [3.05, 3.63) is 88.1 Å². The Labute approximate surface area is 105 Å². The number of hydrogen-bond donors (Lipinski definition) is 1. The molecule has 2 aliphatic rings. The van der Waals surface area contributed by atoms with Crippen molar-refractivity contribution in [2.45, 2.75) is 0 Å². The molecule has 0 aromatic heterocycles. The molecule has 2 rings (SSSR count). The van der Waals surface area contributed by atoms with Gasteiger partial charge in [0.15, 0.2) is 0 Å². The molecule has 0 heterocycles. The molecular weight excluding hydrogens is 228 g/mol. The van der Waals surface area contributed by atoms with Crippen LogP contribution in [-0.2, 0) is 0 Å². The molecule has 0 aromatic carbocycles. The second-order valence-corrected chi connectivity index (χ2v) is 3.80. The smallest absolute Gasteiger partial charge is 0.301 e. The first-order valence-corrected chi connectivity index (χ1v) is 5.39. The van der Waals surface area contributed by atoms with E-state index >= 15 is 0 Å². The Hall–Kier alpha value is -2.62. The number of allylic oxidation sites excluding steroid dienone is 11. The lowest BCUT2D eigenvalue weighted by Crippen LogP contribution is -1.99. The fourth-order valence-electron chi connectivity index (χ4n) is 1.49. The molecule has 0 atom stereocenters. The van der Waals surface area contributed by atoms with Crippen LogP contribution in [0.5, 0.6) is 0 Å². The van der Waals surface area contributed by atoms with Crippen molar-refractivity contribution in [1.82, 2.24) is 0 Å². The lowest BCUT2D eigenvalue weighted by atomic mass is 10.0. The predicted octanol–water partition coefficient (Wildman–Crippen LogP) is 2.92. The van der Waals surface area contributed by atoms with Crippen molar-refractivity contribution in [2.24, 2.45) is 0 Å². The normalized spacial score (nSPS) is 19.8. The van der Waals surface area contributed by atoms with E-state index in [2.05, 4.69) is 0 Å². The van der Waals surface area contributed by atoms with Crippen molar-refractivity contribution in [3.8, 4) is 0 Å². The summed E-state index contributed by atoms with van der Waals surface area (Å²) < 4.78 is 0. The van der Waals surface area contributed by atoms with Gasteiger partial charge < -0.3 is 5.41 Å². The summed E-state index contributed by atoms with van der Waals surface area (Å²) in [4.78, 5) is 10.1. The van der Waals surface area contributed by atoms with Gasteiger partial charge in [-0.25, -0.2) is 10.1 Å². The van der Waals surface area contributed by atoms with Crippen LogP contribution in [0.15, 0.2) is 71.5 Å². The average molecular weight is 239 g/mol. The second-order valence-electron chi connectivity index (χ2n) is 3.80. The zero-order chi connectivity index (χ0) is 13.0. The number of nitrogens with one attached hydrogen (secondary N) is 1. The van der Waals surface area contributed by atoms with E-state index in [9.17, 15) is 10.1 Å². The average Bonchev–Trinajstić information content (AvgIpc) is 2.38. The van der Waals surface area contributed by atoms with E-state index in [0.29, 0.717) is 5.71 Å². The van der Waals surface area contributed by atoms with Crippen LogP contribution in [0.3, 0.4) is 0 Å². The van der Waals surface area contributed by atoms with Crippen molar-refractivity contribution in [3.63, 3.8) is 0 Å². The molecule has 0 unspecified atom stereocenters. The number of hydrogen-bond acceptors (Lipinski definition) is 3. The third kappa shape index (κ3) is 2.95. The highest BCUT2D eigenvalue weighted by Gasteiger charge is 2.17. The number of rotatable bonds is 2. The van der Waals surface area contributed by atoms with E-state index in [1.54, 1.807) is 24.6 Å². The van der Waals surface area contributed by atoms with Crippen molar-refractivity contribution in [1.29, 1.82) is 5.41 Å². The van der Waals surface area contributed by atoms with Crippen LogP contribution in [0, 0.1) is 21.9 Å². The Morgan fingerprint density at radius 3 is 2.39 bits per heavy atom. The van der Waals surface area contributed by atoms with Crippen LogP contribution in [0.2, 0.25) is 0 Å². The summed E-state index contributed by atoms with van der Waals surface area (Å²) in [5.41, 5.74) is 2.45. The molecule has 0 radical (unpaired) electrons. The lowest BCUT2D eigenvalue weighted by molar-refractivity contribution is -0.419. The largest absolute Gasteiger partial charge is 0.345 e.